The van der Waals surface area contributed by atoms with Crippen LogP contribution in [0.4, 0.5) is 0 Å². The maximum atomic E-state index is 9.20. The van der Waals surface area contributed by atoms with Crippen molar-refractivity contribution in [2.45, 2.75) is 63.1 Å². The third-order valence-electron chi connectivity index (χ3n) is 4.58. The lowest BCUT2D eigenvalue weighted by Gasteiger charge is -2.32. The van der Waals surface area contributed by atoms with Crippen LogP contribution in [-0.2, 0) is 4.74 Å². The van der Waals surface area contributed by atoms with Crippen LogP contribution in [0.15, 0.2) is 0 Å². The molecule has 3 nitrogen and oxygen atoms in total. The molecule has 2 aliphatic carbocycles. The summed E-state index contributed by atoms with van der Waals surface area (Å²) >= 11 is 0. The molecule has 0 aromatic heterocycles. The van der Waals surface area contributed by atoms with Crippen LogP contribution in [0.1, 0.15) is 44.9 Å². The molecule has 94 valence electrons. The highest BCUT2D eigenvalue weighted by Gasteiger charge is 2.42. The normalized spacial score (nSPS) is 42.3. The van der Waals surface area contributed by atoms with Gasteiger partial charge in [0.15, 0.2) is 0 Å². The van der Waals surface area contributed by atoms with Crippen molar-refractivity contribution in [2.75, 3.05) is 6.61 Å². The Hall–Kier alpha value is -0.590. The minimum absolute atomic E-state index is 0.226. The Morgan fingerprint density at radius 1 is 1.00 bits per heavy atom. The van der Waals surface area contributed by atoms with Gasteiger partial charge in [-0.3, -0.25) is 0 Å². The van der Waals surface area contributed by atoms with Crippen LogP contribution in [0.25, 0.3) is 0 Å². The van der Waals surface area contributed by atoms with Crippen molar-refractivity contribution in [3.05, 3.63) is 0 Å². The average Bonchev–Trinajstić information content (AvgIpc) is 3.11. The molecule has 1 N–H and O–H groups in total. The molecule has 0 aromatic carbocycles. The smallest absolute Gasteiger partial charge is 0.0757 e. The summed E-state index contributed by atoms with van der Waals surface area (Å²) < 4.78 is 5.85. The van der Waals surface area contributed by atoms with E-state index in [-0.39, 0.29) is 5.92 Å². The molecular weight excluding hydrogens is 212 g/mol. The predicted molar refractivity (Wildman–Crippen MR) is 65.4 cm³/mol. The molecule has 0 spiro atoms. The summed E-state index contributed by atoms with van der Waals surface area (Å²) in [6.45, 7) is 0.906. The van der Waals surface area contributed by atoms with Crippen molar-refractivity contribution >= 4 is 0 Å². The Kier molecular flexibility index (Phi) is 3.35. The molecule has 0 bridgehead atoms. The quantitative estimate of drug-likeness (QED) is 0.814. The van der Waals surface area contributed by atoms with Crippen molar-refractivity contribution in [3.63, 3.8) is 0 Å². The number of rotatable bonds is 3. The lowest BCUT2D eigenvalue weighted by molar-refractivity contribution is 0.0762. The Morgan fingerprint density at radius 3 is 2.59 bits per heavy atom. The first kappa shape index (κ1) is 11.5. The Balaban J connectivity index is 1.59. The third kappa shape index (κ3) is 2.48. The summed E-state index contributed by atoms with van der Waals surface area (Å²) in [6, 6.07) is 3.42. The summed E-state index contributed by atoms with van der Waals surface area (Å²) in [5.41, 5.74) is 0. The van der Waals surface area contributed by atoms with Crippen molar-refractivity contribution in [2.24, 2.45) is 11.8 Å². The Morgan fingerprint density at radius 2 is 1.82 bits per heavy atom. The van der Waals surface area contributed by atoms with E-state index < -0.39 is 0 Å². The molecule has 3 heteroatoms. The largest absolute Gasteiger partial charge is 0.376 e. The first-order valence-corrected chi connectivity index (χ1v) is 7.16. The Labute approximate surface area is 104 Å². The number of hydrogen-bond donors (Lipinski definition) is 1. The molecule has 1 heterocycles. The van der Waals surface area contributed by atoms with Gasteiger partial charge in [0.1, 0.15) is 0 Å². The average molecular weight is 234 g/mol. The first-order chi connectivity index (χ1) is 8.38. The van der Waals surface area contributed by atoms with Gasteiger partial charge >= 0.3 is 0 Å². The van der Waals surface area contributed by atoms with Gasteiger partial charge in [0.25, 0.3) is 0 Å². The van der Waals surface area contributed by atoms with Crippen molar-refractivity contribution in [1.82, 2.24) is 5.32 Å². The summed E-state index contributed by atoms with van der Waals surface area (Å²) in [7, 11) is 0. The van der Waals surface area contributed by atoms with Gasteiger partial charge in [-0.1, -0.05) is 12.8 Å². The third-order valence-corrected chi connectivity index (χ3v) is 4.58. The van der Waals surface area contributed by atoms with Crippen molar-refractivity contribution in [1.29, 1.82) is 5.26 Å². The van der Waals surface area contributed by atoms with Gasteiger partial charge in [0, 0.05) is 18.7 Å². The van der Waals surface area contributed by atoms with Crippen LogP contribution in [0.3, 0.4) is 0 Å². The van der Waals surface area contributed by atoms with Gasteiger partial charge < -0.3 is 10.1 Å². The number of ether oxygens (including phenoxy) is 1. The zero-order chi connectivity index (χ0) is 11.7. The Bertz CT molecular complexity index is 308. The van der Waals surface area contributed by atoms with Crippen LogP contribution in [0.5, 0.6) is 0 Å². The fourth-order valence-electron chi connectivity index (χ4n) is 3.44. The van der Waals surface area contributed by atoms with Crippen LogP contribution in [-0.4, -0.2) is 24.8 Å². The summed E-state index contributed by atoms with van der Waals surface area (Å²) in [6.07, 6.45) is 9.01. The number of hydrogen-bond acceptors (Lipinski definition) is 3. The second kappa shape index (κ2) is 4.96. The number of nitrogens with one attached hydrogen (secondary N) is 1. The standard InChI is InChI=1S/C14H22N2O/c15-9-11-3-1-2-4-12(11)16-13-7-8-17-14(13)10-5-6-10/h10-14,16H,1-8H2. The molecule has 2 saturated carbocycles. The highest BCUT2D eigenvalue weighted by atomic mass is 16.5. The molecule has 0 aromatic rings. The van der Waals surface area contributed by atoms with Crippen LogP contribution >= 0.6 is 0 Å². The monoisotopic (exact) mass is 234 g/mol. The second-order valence-corrected chi connectivity index (χ2v) is 5.86. The molecule has 1 saturated heterocycles. The van der Waals surface area contributed by atoms with E-state index in [0.29, 0.717) is 18.2 Å². The minimum Gasteiger partial charge on any atom is -0.376 e. The lowest BCUT2D eigenvalue weighted by atomic mass is 9.84. The molecule has 0 amide bonds. The summed E-state index contributed by atoms with van der Waals surface area (Å²) in [5, 5.41) is 12.9. The van der Waals surface area contributed by atoms with E-state index in [0.717, 1.165) is 25.4 Å². The van der Waals surface area contributed by atoms with Crippen molar-refractivity contribution in [3.8, 4) is 6.07 Å². The van der Waals surface area contributed by atoms with Crippen LogP contribution < -0.4 is 5.32 Å². The second-order valence-electron chi connectivity index (χ2n) is 5.86. The molecule has 4 atom stereocenters. The topological polar surface area (TPSA) is 45.0 Å². The number of nitrogens with zero attached hydrogens (tertiary/aromatic N) is 1. The molecule has 1 aliphatic heterocycles. The van der Waals surface area contributed by atoms with Gasteiger partial charge in [0.2, 0.25) is 0 Å². The van der Waals surface area contributed by atoms with Crippen LogP contribution in [0, 0.1) is 23.2 Å². The molecule has 3 rings (SSSR count). The number of nitriles is 1. The summed E-state index contributed by atoms with van der Waals surface area (Å²) in [4.78, 5) is 0. The fourth-order valence-corrected chi connectivity index (χ4v) is 3.44. The zero-order valence-electron chi connectivity index (χ0n) is 10.4. The minimum atomic E-state index is 0.226. The van der Waals surface area contributed by atoms with E-state index in [4.69, 9.17) is 4.74 Å². The van der Waals surface area contributed by atoms with E-state index in [1.807, 2.05) is 0 Å². The molecule has 4 unspecified atom stereocenters. The summed E-state index contributed by atoms with van der Waals surface area (Å²) in [5.74, 6) is 1.03. The first-order valence-electron chi connectivity index (χ1n) is 7.16. The molecular formula is C14H22N2O. The van der Waals surface area contributed by atoms with Crippen LogP contribution in [0.2, 0.25) is 0 Å². The lowest BCUT2D eigenvalue weighted by Crippen LogP contribution is -2.47. The van der Waals surface area contributed by atoms with E-state index in [9.17, 15) is 5.26 Å². The molecule has 17 heavy (non-hydrogen) atoms. The molecule has 3 fully saturated rings. The highest BCUT2D eigenvalue weighted by molar-refractivity contribution is 5.00. The van der Waals surface area contributed by atoms with Gasteiger partial charge in [-0.15, -0.1) is 0 Å². The highest BCUT2D eigenvalue weighted by Crippen LogP contribution is 2.39. The SMILES string of the molecule is N#CC1CCCCC1NC1CCOC1C1CC1. The van der Waals surface area contributed by atoms with E-state index in [2.05, 4.69) is 11.4 Å². The van der Waals surface area contributed by atoms with Crippen molar-refractivity contribution < 1.29 is 4.74 Å². The maximum absolute atomic E-state index is 9.20. The maximum Gasteiger partial charge on any atom is 0.0757 e. The van der Waals surface area contributed by atoms with Gasteiger partial charge in [-0.05, 0) is 38.0 Å². The van der Waals surface area contributed by atoms with Gasteiger partial charge in [-0.2, -0.15) is 5.26 Å². The molecule has 3 aliphatic rings. The predicted octanol–water partition coefficient (Wildman–Crippen LogP) is 2.23. The van der Waals surface area contributed by atoms with E-state index in [1.165, 1.54) is 32.1 Å². The van der Waals surface area contributed by atoms with Gasteiger partial charge in [0.05, 0.1) is 18.1 Å². The molecule has 0 radical (unpaired) electrons. The van der Waals surface area contributed by atoms with E-state index in [1.54, 1.807) is 0 Å². The zero-order valence-corrected chi connectivity index (χ0v) is 10.4. The van der Waals surface area contributed by atoms with E-state index >= 15 is 0 Å². The van der Waals surface area contributed by atoms with Gasteiger partial charge in [-0.25, -0.2) is 0 Å². The fraction of sp³-hybridized carbons (Fsp3) is 0.929.